The molecule has 3 aliphatic rings. The van der Waals surface area contributed by atoms with Gasteiger partial charge in [0.2, 0.25) is 13.0 Å². The fourth-order valence-corrected chi connectivity index (χ4v) is 4.84. The molecule has 1 unspecified atom stereocenters. The third kappa shape index (κ3) is 4.02. The molecule has 166 valence electrons. The monoisotopic (exact) mass is 450 g/mol. The van der Waals surface area contributed by atoms with Crippen molar-refractivity contribution in [3.8, 4) is 11.5 Å². The van der Waals surface area contributed by atoms with E-state index in [1.807, 2.05) is 36.4 Å². The van der Waals surface area contributed by atoms with Gasteiger partial charge in [-0.25, -0.2) is 0 Å². The number of carbonyl (C=O) groups is 1. The van der Waals surface area contributed by atoms with Gasteiger partial charge in [-0.05, 0) is 43.3 Å². The molecule has 0 bridgehead atoms. The maximum atomic E-state index is 13.3. The summed E-state index contributed by atoms with van der Waals surface area (Å²) in [6, 6.07) is 13.5. The summed E-state index contributed by atoms with van der Waals surface area (Å²) in [7, 11) is 1.80. The average molecular weight is 451 g/mol. The van der Waals surface area contributed by atoms with Crippen LogP contribution in [0.2, 0.25) is 0 Å². The number of benzene rings is 2. The highest BCUT2D eigenvalue weighted by Crippen LogP contribution is 2.35. The summed E-state index contributed by atoms with van der Waals surface area (Å²) in [5, 5.41) is 6.59. The van der Waals surface area contributed by atoms with Crippen LogP contribution in [0.4, 0.5) is 11.4 Å². The summed E-state index contributed by atoms with van der Waals surface area (Å²) in [5.74, 6) is 1.58. The molecule has 0 radical (unpaired) electrons. The molecule has 1 fully saturated rings. The number of aliphatic imine (C=N–C) groups is 1. The zero-order valence-electron chi connectivity index (χ0n) is 18.0. The number of hydrogen-bond donors (Lipinski definition) is 2. The fraction of sp³-hybridized carbons (Fsp3) is 0.375. The largest absolute Gasteiger partial charge is 0.454 e. The Balaban J connectivity index is 1.40. The van der Waals surface area contributed by atoms with E-state index >= 15 is 0 Å². The zero-order chi connectivity index (χ0) is 22.1. The van der Waals surface area contributed by atoms with Crippen LogP contribution in [0, 0.1) is 5.92 Å². The predicted molar refractivity (Wildman–Crippen MR) is 129 cm³/mol. The Labute approximate surface area is 192 Å². The van der Waals surface area contributed by atoms with E-state index in [4.69, 9.17) is 26.7 Å². The third-order valence-corrected chi connectivity index (χ3v) is 6.48. The molecule has 5 rings (SSSR count). The van der Waals surface area contributed by atoms with Crippen LogP contribution < -0.4 is 25.0 Å². The molecular weight excluding hydrogens is 424 g/mol. The molecule has 2 aliphatic heterocycles. The van der Waals surface area contributed by atoms with Crippen molar-refractivity contribution >= 4 is 40.3 Å². The minimum atomic E-state index is -0.793. The maximum Gasteiger partial charge on any atom is 0.272 e. The number of carbonyl (C=O) groups excluding carboxylic acids is 1. The first kappa shape index (κ1) is 20.8. The number of likely N-dealkylation sites (N-methyl/N-ethyl adjacent to an activating group) is 1. The van der Waals surface area contributed by atoms with Crippen molar-refractivity contribution in [1.82, 2.24) is 5.32 Å². The van der Waals surface area contributed by atoms with E-state index in [1.54, 1.807) is 11.9 Å². The molecular formula is C24H26N4O3S. The Morgan fingerprint density at radius 1 is 1.09 bits per heavy atom. The van der Waals surface area contributed by atoms with Crippen LogP contribution in [0.5, 0.6) is 11.5 Å². The number of ether oxygens (including phenoxy) is 2. The number of nitrogens with zero attached hydrogens (tertiary/aromatic N) is 2. The number of rotatable bonds is 3. The van der Waals surface area contributed by atoms with Crippen molar-refractivity contribution in [2.24, 2.45) is 10.9 Å². The summed E-state index contributed by atoms with van der Waals surface area (Å²) >= 11 is 5.53. The summed E-state index contributed by atoms with van der Waals surface area (Å²) in [6.07, 6.45) is 5.04. The molecule has 1 aliphatic carbocycles. The normalized spacial score (nSPS) is 20.3. The van der Waals surface area contributed by atoms with Crippen LogP contribution in [0.1, 0.15) is 37.7 Å². The Morgan fingerprint density at radius 3 is 2.72 bits per heavy atom. The van der Waals surface area contributed by atoms with Crippen LogP contribution in [-0.2, 0) is 4.79 Å². The Morgan fingerprint density at radius 2 is 1.88 bits per heavy atom. The van der Waals surface area contributed by atoms with Gasteiger partial charge in [0.1, 0.15) is 0 Å². The lowest BCUT2D eigenvalue weighted by molar-refractivity contribution is -0.119. The summed E-state index contributed by atoms with van der Waals surface area (Å²) in [6.45, 7) is 0.212. The van der Waals surface area contributed by atoms with Crippen molar-refractivity contribution in [2.75, 3.05) is 24.1 Å². The first-order chi connectivity index (χ1) is 15.6. The number of anilines is 2. The van der Waals surface area contributed by atoms with Gasteiger partial charge in [-0.1, -0.05) is 37.5 Å². The summed E-state index contributed by atoms with van der Waals surface area (Å²) in [4.78, 5) is 19.9. The standard InChI is InChI=1S/C24H26N4O3S/c1-28-18-10-6-5-9-17(18)21(15-7-3-2-4-8-15)26-22(23(28)29)27-24(32)25-16-11-12-19-20(13-16)31-14-30-19/h5-6,9-13,15,22H,2-4,7-8,14H2,1H3,(H2,25,27,32). The highest BCUT2D eigenvalue weighted by molar-refractivity contribution is 7.80. The molecule has 2 aromatic carbocycles. The average Bonchev–Trinajstić information content (AvgIpc) is 3.26. The van der Waals surface area contributed by atoms with E-state index in [9.17, 15) is 4.79 Å². The van der Waals surface area contributed by atoms with Gasteiger partial charge in [-0.2, -0.15) is 0 Å². The second kappa shape index (κ2) is 8.78. The molecule has 2 heterocycles. The molecule has 1 amide bonds. The van der Waals surface area contributed by atoms with Crippen molar-refractivity contribution in [3.63, 3.8) is 0 Å². The topological polar surface area (TPSA) is 75.2 Å². The van der Waals surface area contributed by atoms with E-state index in [-0.39, 0.29) is 12.7 Å². The lowest BCUT2D eigenvalue weighted by Crippen LogP contribution is -2.47. The van der Waals surface area contributed by atoms with Crippen molar-refractivity contribution in [1.29, 1.82) is 0 Å². The number of hydrogen-bond acceptors (Lipinski definition) is 5. The van der Waals surface area contributed by atoms with Crippen LogP contribution in [0.3, 0.4) is 0 Å². The van der Waals surface area contributed by atoms with Crippen molar-refractivity contribution in [3.05, 3.63) is 48.0 Å². The number of amides is 1. The van der Waals surface area contributed by atoms with E-state index in [0.717, 1.165) is 35.5 Å². The second-order valence-electron chi connectivity index (χ2n) is 8.33. The van der Waals surface area contributed by atoms with Gasteiger partial charge in [0.15, 0.2) is 16.6 Å². The Bertz CT molecular complexity index is 1080. The lowest BCUT2D eigenvalue weighted by Gasteiger charge is -2.25. The zero-order valence-corrected chi connectivity index (χ0v) is 18.8. The highest BCUT2D eigenvalue weighted by Gasteiger charge is 2.33. The molecule has 8 heteroatoms. The van der Waals surface area contributed by atoms with E-state index in [0.29, 0.717) is 22.5 Å². The van der Waals surface area contributed by atoms with Gasteiger partial charge in [0.25, 0.3) is 5.91 Å². The quantitative estimate of drug-likeness (QED) is 0.687. The highest BCUT2D eigenvalue weighted by atomic mass is 32.1. The molecule has 0 spiro atoms. The molecule has 7 nitrogen and oxygen atoms in total. The van der Waals surface area contributed by atoms with E-state index < -0.39 is 6.17 Å². The molecule has 0 aromatic heterocycles. The summed E-state index contributed by atoms with van der Waals surface area (Å²) in [5.41, 5.74) is 3.68. The van der Waals surface area contributed by atoms with Gasteiger partial charge in [0, 0.05) is 30.3 Å². The first-order valence-electron chi connectivity index (χ1n) is 11.0. The minimum absolute atomic E-state index is 0.141. The molecule has 1 saturated carbocycles. The van der Waals surface area contributed by atoms with Crippen LogP contribution in [-0.4, -0.2) is 36.7 Å². The SMILES string of the molecule is CN1C(=O)C(NC(=S)Nc2ccc3c(c2)OCO3)N=C(C2CCCCC2)c2ccccc21. The maximum absolute atomic E-state index is 13.3. The molecule has 2 aromatic rings. The number of nitrogens with one attached hydrogen (secondary N) is 2. The van der Waals surface area contributed by atoms with Gasteiger partial charge < -0.3 is 25.0 Å². The van der Waals surface area contributed by atoms with Crippen LogP contribution in [0.25, 0.3) is 0 Å². The molecule has 2 N–H and O–H groups in total. The van der Waals surface area contributed by atoms with Gasteiger partial charge in [-0.15, -0.1) is 0 Å². The molecule has 32 heavy (non-hydrogen) atoms. The van der Waals surface area contributed by atoms with Gasteiger partial charge in [-0.3, -0.25) is 9.79 Å². The van der Waals surface area contributed by atoms with E-state index in [2.05, 4.69) is 16.7 Å². The van der Waals surface area contributed by atoms with Gasteiger partial charge >= 0.3 is 0 Å². The second-order valence-corrected chi connectivity index (χ2v) is 8.74. The van der Waals surface area contributed by atoms with Crippen molar-refractivity contribution < 1.29 is 14.3 Å². The van der Waals surface area contributed by atoms with Crippen molar-refractivity contribution in [2.45, 2.75) is 38.3 Å². The van der Waals surface area contributed by atoms with Crippen LogP contribution in [0.15, 0.2) is 47.5 Å². The molecule has 1 atom stereocenters. The first-order valence-corrected chi connectivity index (χ1v) is 11.4. The van der Waals surface area contributed by atoms with E-state index in [1.165, 1.54) is 19.3 Å². The van der Waals surface area contributed by atoms with Crippen LogP contribution >= 0.6 is 12.2 Å². The predicted octanol–water partition coefficient (Wildman–Crippen LogP) is 4.07. The minimum Gasteiger partial charge on any atom is -0.454 e. The number of para-hydroxylation sites is 1. The number of fused-ring (bicyclic) bond motifs is 2. The smallest absolute Gasteiger partial charge is 0.272 e. The lowest BCUT2D eigenvalue weighted by atomic mass is 9.83. The van der Waals surface area contributed by atoms with Gasteiger partial charge in [0.05, 0.1) is 11.4 Å². The molecule has 0 saturated heterocycles. The Kier molecular flexibility index (Phi) is 5.70. The number of benzodiazepines with no additional fused rings is 1. The summed E-state index contributed by atoms with van der Waals surface area (Å²) < 4.78 is 10.8. The third-order valence-electron chi connectivity index (χ3n) is 6.26. The number of thiocarbonyl (C=S) groups is 1. The Hall–Kier alpha value is -3.13. The fourth-order valence-electron chi connectivity index (χ4n) is 4.61.